The first-order chi connectivity index (χ1) is 25.7. The summed E-state index contributed by atoms with van der Waals surface area (Å²) in [7, 11) is 1.59. The van der Waals surface area contributed by atoms with Crippen molar-refractivity contribution in [1.82, 2.24) is 10.2 Å². The second kappa shape index (κ2) is 16.7. The molecular formula is C40H43Cl2N3O7S. The number of carboxylic acids is 1. The molecule has 2 bridgehead atoms. The van der Waals surface area contributed by atoms with Crippen molar-refractivity contribution < 1.29 is 33.6 Å². The highest BCUT2D eigenvalue weighted by atomic mass is 35.5. The highest BCUT2D eigenvalue weighted by molar-refractivity contribution is 7.14. The van der Waals surface area contributed by atoms with Crippen LogP contribution in [0.1, 0.15) is 87.3 Å². The van der Waals surface area contributed by atoms with Gasteiger partial charge >= 0.3 is 11.9 Å². The van der Waals surface area contributed by atoms with Gasteiger partial charge < -0.3 is 24.5 Å². The van der Waals surface area contributed by atoms with E-state index in [-0.39, 0.29) is 46.1 Å². The number of halogens is 2. The van der Waals surface area contributed by atoms with Crippen LogP contribution in [-0.4, -0.2) is 60.9 Å². The number of aromatic carboxylic acids is 1. The lowest BCUT2D eigenvalue weighted by molar-refractivity contribution is -0.605. The molecule has 2 N–H and O–H groups in total. The molecule has 0 radical (unpaired) electrons. The Balaban J connectivity index is 1.21. The molecule has 8 rings (SSSR count). The van der Waals surface area contributed by atoms with E-state index in [1.807, 2.05) is 54.6 Å². The predicted molar refractivity (Wildman–Crippen MR) is 203 cm³/mol. The van der Waals surface area contributed by atoms with Crippen molar-refractivity contribution in [2.45, 2.75) is 75.7 Å². The minimum Gasteiger partial charge on any atom is -0.619 e. The summed E-state index contributed by atoms with van der Waals surface area (Å²) in [5.41, 5.74) is 2.60. The Hall–Kier alpha value is -3.87. The Bertz CT molecular complexity index is 1910. The number of rotatable bonds is 14. The van der Waals surface area contributed by atoms with Crippen LogP contribution in [0.25, 0.3) is 0 Å². The number of fused-ring (bicyclic) bond motifs is 3. The van der Waals surface area contributed by atoms with Gasteiger partial charge in [-0.1, -0.05) is 59.6 Å². The zero-order valence-corrected chi connectivity index (χ0v) is 31.8. The molecule has 4 fully saturated rings. The zero-order valence-electron chi connectivity index (χ0n) is 29.5. The molecule has 0 spiro atoms. The molecule has 4 aliphatic rings. The molecule has 3 saturated heterocycles. The summed E-state index contributed by atoms with van der Waals surface area (Å²) in [6.07, 6.45) is 8.73. The number of carbonyl (C=O) groups excluding carboxylic acids is 1. The minimum absolute atomic E-state index is 0.0616. The van der Waals surface area contributed by atoms with Crippen molar-refractivity contribution in [2.75, 3.05) is 26.7 Å². The van der Waals surface area contributed by atoms with Crippen molar-refractivity contribution >= 4 is 46.5 Å². The Morgan fingerprint density at radius 1 is 1.00 bits per heavy atom. The number of carbonyl (C=O) groups is 2. The smallest absolute Gasteiger partial charge is 0.346 e. The maximum absolute atomic E-state index is 13.8. The number of thiophene rings is 1. The van der Waals surface area contributed by atoms with Crippen LogP contribution < -0.4 is 19.5 Å². The summed E-state index contributed by atoms with van der Waals surface area (Å²) < 4.78 is 18.8. The second-order valence-electron chi connectivity index (χ2n) is 14.1. The SMILES string of the molecule is COc1ccc(C(Cc2c(Cl)c[n+]([O-])cc2Cl)c2cc(CNC(C(=O)O[C@H]3CN4CCC3CC4)c3ccccc3)sc2C(=O)O)cc1OC1CCCC1. The van der Waals surface area contributed by atoms with Gasteiger partial charge in [0.2, 0.25) is 0 Å². The normalized spacial score (nSPS) is 20.9. The van der Waals surface area contributed by atoms with Crippen LogP contribution in [0, 0.1) is 11.1 Å². The third-order valence-corrected chi connectivity index (χ3v) is 12.5. The number of ether oxygens (including phenoxy) is 3. The first-order valence-corrected chi connectivity index (χ1v) is 19.7. The van der Waals surface area contributed by atoms with E-state index in [1.54, 1.807) is 7.11 Å². The van der Waals surface area contributed by atoms with E-state index in [1.165, 1.54) is 12.4 Å². The number of benzene rings is 2. The van der Waals surface area contributed by atoms with Gasteiger partial charge in [-0.05, 0) is 98.8 Å². The maximum Gasteiger partial charge on any atom is 0.346 e. The Kier molecular flexibility index (Phi) is 11.8. The largest absolute Gasteiger partial charge is 0.619 e. The number of nitrogens with zero attached hydrogens (tertiary/aromatic N) is 2. The zero-order chi connectivity index (χ0) is 37.1. The maximum atomic E-state index is 13.8. The molecule has 1 aliphatic carbocycles. The van der Waals surface area contributed by atoms with Gasteiger partial charge in [-0.2, -0.15) is 4.73 Å². The molecule has 13 heteroatoms. The summed E-state index contributed by atoms with van der Waals surface area (Å²) in [5.74, 6) is -0.463. The highest BCUT2D eigenvalue weighted by Crippen LogP contribution is 2.42. The lowest BCUT2D eigenvalue weighted by atomic mass is 9.85. The van der Waals surface area contributed by atoms with Gasteiger partial charge in [0.25, 0.3) is 0 Å². The monoisotopic (exact) mass is 779 g/mol. The molecule has 3 atom stereocenters. The number of pyridine rings is 1. The third kappa shape index (κ3) is 8.60. The molecule has 280 valence electrons. The summed E-state index contributed by atoms with van der Waals surface area (Å²) in [5, 5.41) is 26.4. The van der Waals surface area contributed by atoms with E-state index in [0.29, 0.717) is 33.3 Å². The van der Waals surface area contributed by atoms with Gasteiger partial charge in [-0.25, -0.2) is 9.59 Å². The number of carboxylic acid groups (broad SMARTS) is 1. The van der Waals surface area contributed by atoms with Gasteiger partial charge in [-0.15, -0.1) is 11.3 Å². The average Bonchev–Trinajstić information content (AvgIpc) is 3.83. The number of piperidine rings is 3. The molecule has 1 saturated carbocycles. The van der Waals surface area contributed by atoms with Gasteiger partial charge in [0.15, 0.2) is 23.9 Å². The molecule has 53 heavy (non-hydrogen) atoms. The minimum atomic E-state index is -1.08. The number of aromatic nitrogens is 1. The lowest BCUT2D eigenvalue weighted by Gasteiger charge is -2.44. The van der Waals surface area contributed by atoms with E-state index in [9.17, 15) is 19.9 Å². The van der Waals surface area contributed by atoms with E-state index < -0.39 is 17.9 Å². The molecule has 2 unspecified atom stereocenters. The number of hydrogen-bond donors (Lipinski definition) is 2. The first kappa shape index (κ1) is 37.4. The third-order valence-electron chi connectivity index (χ3n) is 10.7. The van der Waals surface area contributed by atoms with Crippen molar-refractivity contribution in [2.24, 2.45) is 5.92 Å². The number of hydrogen-bond acceptors (Lipinski definition) is 9. The topological polar surface area (TPSA) is 124 Å². The van der Waals surface area contributed by atoms with Gasteiger partial charge in [0.1, 0.15) is 27.1 Å². The summed E-state index contributed by atoms with van der Waals surface area (Å²) >= 11 is 14.3. The van der Waals surface area contributed by atoms with E-state index in [4.69, 9.17) is 37.4 Å². The second-order valence-corrected chi connectivity index (χ2v) is 16.1. The fourth-order valence-corrected chi connectivity index (χ4v) is 9.55. The lowest BCUT2D eigenvalue weighted by Crippen LogP contribution is -2.52. The van der Waals surface area contributed by atoms with Crippen LogP contribution in [0.15, 0.2) is 67.0 Å². The molecule has 2 aromatic carbocycles. The van der Waals surface area contributed by atoms with Gasteiger partial charge in [0, 0.05) is 29.4 Å². The van der Waals surface area contributed by atoms with Crippen LogP contribution in [-0.2, 0) is 22.5 Å². The van der Waals surface area contributed by atoms with Crippen LogP contribution in [0.3, 0.4) is 0 Å². The first-order valence-electron chi connectivity index (χ1n) is 18.1. The van der Waals surface area contributed by atoms with Crippen LogP contribution in [0.4, 0.5) is 0 Å². The van der Waals surface area contributed by atoms with Gasteiger partial charge in [-0.3, -0.25) is 10.2 Å². The molecule has 3 aliphatic heterocycles. The quantitative estimate of drug-likeness (QED) is 0.0758. The Labute approximate surface area is 323 Å². The van der Waals surface area contributed by atoms with Crippen LogP contribution in [0.2, 0.25) is 10.0 Å². The summed E-state index contributed by atoms with van der Waals surface area (Å²) in [4.78, 5) is 30.0. The van der Waals surface area contributed by atoms with Crippen molar-refractivity contribution in [1.29, 1.82) is 0 Å². The molecule has 10 nitrogen and oxygen atoms in total. The molecular weight excluding hydrogens is 737 g/mol. The number of nitrogens with one attached hydrogen (secondary N) is 1. The van der Waals surface area contributed by atoms with Crippen molar-refractivity contribution in [3.8, 4) is 11.5 Å². The van der Waals surface area contributed by atoms with E-state index >= 15 is 0 Å². The van der Waals surface area contributed by atoms with Crippen molar-refractivity contribution in [3.63, 3.8) is 0 Å². The Morgan fingerprint density at radius 3 is 2.36 bits per heavy atom. The number of esters is 1. The average molecular weight is 781 g/mol. The number of methoxy groups -OCH3 is 1. The highest BCUT2D eigenvalue weighted by Gasteiger charge is 2.38. The van der Waals surface area contributed by atoms with Crippen LogP contribution in [0.5, 0.6) is 11.5 Å². The van der Waals surface area contributed by atoms with Crippen LogP contribution >= 0.6 is 34.5 Å². The Morgan fingerprint density at radius 2 is 1.72 bits per heavy atom. The molecule has 5 heterocycles. The van der Waals surface area contributed by atoms with Gasteiger partial charge in [0.05, 0.1) is 13.2 Å². The standard InChI is InChI=1S/C40H43Cl2N3O7S/c1-50-34-12-11-26(17-35(34)51-27-9-5-6-10-27)29(19-31-32(41)21-45(49)22-33(31)42)30-18-28(53-38(30)39(46)47)20-43-37(25-7-3-2-4-8-25)40(48)52-36-23-44-15-13-24(36)14-16-44/h2-4,7-8,11-12,17-18,21-22,24,27,29,36-37,43H,5-6,9-10,13-16,19-20,23H2,1H3,(H,46,47)/t29?,36-,37?/m0/s1. The molecule has 2 aromatic heterocycles. The van der Waals surface area contributed by atoms with E-state index in [2.05, 4.69) is 10.2 Å². The molecule has 4 aromatic rings. The summed E-state index contributed by atoms with van der Waals surface area (Å²) in [6, 6.07) is 16.2. The van der Waals surface area contributed by atoms with Crippen molar-refractivity contribution in [3.05, 3.63) is 114 Å². The fraction of sp³-hybridized carbons (Fsp3) is 0.425. The van der Waals surface area contributed by atoms with E-state index in [0.717, 1.165) is 85.5 Å². The fourth-order valence-electron chi connectivity index (χ4n) is 7.94. The molecule has 0 amide bonds. The predicted octanol–water partition coefficient (Wildman–Crippen LogP) is 7.56. The summed E-state index contributed by atoms with van der Waals surface area (Å²) in [6.45, 7) is 3.05.